The van der Waals surface area contributed by atoms with E-state index in [4.69, 9.17) is 0 Å². The van der Waals surface area contributed by atoms with Gasteiger partial charge in [0.1, 0.15) is 0 Å². The average Bonchev–Trinajstić information content (AvgIpc) is 2.60. The highest BCUT2D eigenvalue weighted by Gasteiger charge is 2.35. The zero-order chi connectivity index (χ0) is 13.7. The minimum atomic E-state index is -4.59. The minimum absolute atomic E-state index is 0.0192. The van der Waals surface area contributed by atoms with E-state index in [0.29, 0.717) is 11.1 Å². The van der Waals surface area contributed by atoms with Crippen LogP contribution in [0.15, 0.2) is 10.9 Å². The number of fused-ring (bicyclic) bond motifs is 1. The molecule has 4 nitrogen and oxygen atoms in total. The molecule has 1 N–H and O–H groups in total. The molecule has 18 heavy (non-hydrogen) atoms. The molecule has 0 aromatic carbocycles. The third-order valence-corrected chi connectivity index (χ3v) is 2.72. The second-order valence-corrected chi connectivity index (χ2v) is 4.46. The first-order valence-electron chi connectivity index (χ1n) is 5.41. The molecule has 0 aliphatic carbocycles. The van der Waals surface area contributed by atoms with Crippen molar-refractivity contribution < 1.29 is 13.2 Å². The number of hydrogen-bond donors (Lipinski definition) is 1. The minimum Gasteiger partial charge on any atom is -0.269 e. The zero-order valence-corrected chi connectivity index (χ0v) is 10.1. The van der Waals surface area contributed by atoms with E-state index in [9.17, 15) is 18.0 Å². The second-order valence-electron chi connectivity index (χ2n) is 4.46. The molecule has 2 rings (SSSR count). The van der Waals surface area contributed by atoms with Crippen molar-refractivity contribution in [1.82, 2.24) is 14.6 Å². The van der Waals surface area contributed by atoms with Gasteiger partial charge in [-0.25, -0.2) is 4.98 Å². The van der Waals surface area contributed by atoms with E-state index in [1.54, 1.807) is 6.92 Å². The van der Waals surface area contributed by atoms with Crippen LogP contribution in [0.5, 0.6) is 0 Å². The van der Waals surface area contributed by atoms with Crippen molar-refractivity contribution in [2.75, 3.05) is 0 Å². The smallest absolute Gasteiger partial charge is 0.269 e. The van der Waals surface area contributed by atoms with Crippen molar-refractivity contribution in [3.05, 3.63) is 33.4 Å². The van der Waals surface area contributed by atoms with E-state index in [0.717, 1.165) is 4.52 Å². The number of hydrogen-bond acceptors (Lipinski definition) is 2. The van der Waals surface area contributed by atoms with E-state index in [2.05, 4.69) is 4.98 Å². The maximum absolute atomic E-state index is 12.5. The van der Waals surface area contributed by atoms with E-state index >= 15 is 0 Å². The third-order valence-electron chi connectivity index (χ3n) is 2.72. The molecule has 2 aromatic heterocycles. The molecule has 0 saturated heterocycles. The highest BCUT2D eigenvalue weighted by Crippen LogP contribution is 2.26. The van der Waals surface area contributed by atoms with E-state index in [1.807, 2.05) is 18.9 Å². The van der Waals surface area contributed by atoms with Crippen molar-refractivity contribution in [1.29, 1.82) is 0 Å². The molecule has 2 heterocycles. The van der Waals surface area contributed by atoms with Crippen LogP contribution in [0.4, 0.5) is 13.2 Å². The summed E-state index contributed by atoms with van der Waals surface area (Å²) < 4.78 is 38.4. The first-order chi connectivity index (χ1) is 8.21. The summed E-state index contributed by atoms with van der Waals surface area (Å²) in [6.45, 7) is 5.33. The van der Waals surface area contributed by atoms with Crippen molar-refractivity contribution in [3.63, 3.8) is 0 Å². The van der Waals surface area contributed by atoms with Gasteiger partial charge in [0, 0.05) is 5.56 Å². The molecule has 0 radical (unpaired) electrons. The predicted octanol–water partition coefficient (Wildman–Crippen LogP) is 2.47. The van der Waals surface area contributed by atoms with Gasteiger partial charge < -0.3 is 0 Å². The average molecular weight is 259 g/mol. The summed E-state index contributed by atoms with van der Waals surface area (Å²) in [6, 6.07) is 1.47. The summed E-state index contributed by atoms with van der Waals surface area (Å²) >= 11 is 0. The van der Waals surface area contributed by atoms with Crippen LogP contribution in [-0.2, 0) is 6.18 Å². The number of alkyl halides is 3. The fourth-order valence-electron chi connectivity index (χ4n) is 1.99. The number of aromatic nitrogens is 3. The van der Waals surface area contributed by atoms with E-state index in [1.165, 1.54) is 6.07 Å². The summed E-state index contributed by atoms with van der Waals surface area (Å²) in [5.41, 5.74) is 0.636. The van der Waals surface area contributed by atoms with Gasteiger partial charge in [0.05, 0.1) is 0 Å². The van der Waals surface area contributed by atoms with Crippen LogP contribution >= 0.6 is 0 Å². The number of nitrogens with one attached hydrogen (secondary N) is 1. The Labute approximate surface area is 100 Å². The molecule has 0 atom stereocenters. The Bertz CT molecular complexity index is 652. The lowest BCUT2D eigenvalue weighted by Gasteiger charge is -2.08. The summed E-state index contributed by atoms with van der Waals surface area (Å²) in [4.78, 5) is 15.4. The van der Waals surface area contributed by atoms with Gasteiger partial charge in [0.2, 0.25) is 5.82 Å². The third kappa shape index (κ3) is 1.89. The largest absolute Gasteiger partial charge is 0.451 e. The van der Waals surface area contributed by atoms with Gasteiger partial charge in [-0.3, -0.25) is 9.89 Å². The normalized spacial score (nSPS) is 12.6. The maximum Gasteiger partial charge on any atom is 0.451 e. The van der Waals surface area contributed by atoms with Crippen LogP contribution in [0.3, 0.4) is 0 Å². The fourth-order valence-corrected chi connectivity index (χ4v) is 1.99. The Morgan fingerprint density at radius 2 is 2.00 bits per heavy atom. The lowest BCUT2D eigenvalue weighted by molar-refractivity contribution is -0.144. The molecule has 0 spiro atoms. The molecule has 0 aliphatic rings. The molecule has 0 bridgehead atoms. The molecular weight excluding hydrogens is 247 g/mol. The fraction of sp³-hybridized carbons (Fsp3) is 0.455. The van der Waals surface area contributed by atoms with Crippen molar-refractivity contribution in [2.45, 2.75) is 32.9 Å². The Balaban J connectivity index is 2.79. The molecule has 0 amide bonds. The van der Waals surface area contributed by atoms with Crippen LogP contribution in [0, 0.1) is 6.92 Å². The lowest BCUT2D eigenvalue weighted by Crippen LogP contribution is -2.21. The second kappa shape index (κ2) is 3.86. The van der Waals surface area contributed by atoms with Gasteiger partial charge >= 0.3 is 6.18 Å². The number of aromatic amines is 1. The maximum atomic E-state index is 12.5. The van der Waals surface area contributed by atoms with Gasteiger partial charge in [-0.05, 0) is 24.5 Å². The monoisotopic (exact) mass is 259 g/mol. The molecule has 2 aromatic rings. The van der Waals surface area contributed by atoms with Crippen LogP contribution in [0.1, 0.15) is 36.7 Å². The summed E-state index contributed by atoms with van der Waals surface area (Å²) in [7, 11) is 0. The molecule has 0 saturated carbocycles. The van der Waals surface area contributed by atoms with Gasteiger partial charge in [-0.1, -0.05) is 13.8 Å². The summed E-state index contributed by atoms with van der Waals surface area (Å²) in [6.07, 6.45) is -4.59. The van der Waals surface area contributed by atoms with E-state index in [-0.39, 0.29) is 11.6 Å². The number of aryl methyl sites for hydroxylation is 1. The Morgan fingerprint density at radius 1 is 1.39 bits per heavy atom. The Hall–Kier alpha value is -1.79. The molecule has 0 aliphatic heterocycles. The molecule has 0 unspecified atom stereocenters. The SMILES string of the molecule is Cc1cc2nc(C(F)(F)F)[nH]n2c(=O)c1C(C)C. The topological polar surface area (TPSA) is 50.2 Å². The highest BCUT2D eigenvalue weighted by molar-refractivity contribution is 5.44. The molecule has 0 fully saturated rings. The number of nitrogens with zero attached hydrogens (tertiary/aromatic N) is 2. The number of halogens is 3. The van der Waals surface area contributed by atoms with Gasteiger partial charge in [0.25, 0.3) is 5.56 Å². The van der Waals surface area contributed by atoms with Crippen LogP contribution in [0.2, 0.25) is 0 Å². The Kier molecular flexibility index (Phi) is 2.71. The summed E-state index contributed by atoms with van der Waals surface area (Å²) in [5, 5.41) is 1.99. The first-order valence-corrected chi connectivity index (χ1v) is 5.41. The van der Waals surface area contributed by atoms with Crippen LogP contribution in [0.25, 0.3) is 5.65 Å². The van der Waals surface area contributed by atoms with Crippen molar-refractivity contribution >= 4 is 5.65 Å². The lowest BCUT2D eigenvalue weighted by atomic mass is 10.0. The molecular formula is C11H12F3N3O. The molecule has 98 valence electrons. The number of pyridine rings is 1. The van der Waals surface area contributed by atoms with Crippen LogP contribution < -0.4 is 5.56 Å². The van der Waals surface area contributed by atoms with Crippen molar-refractivity contribution in [3.8, 4) is 0 Å². The van der Waals surface area contributed by atoms with E-state index < -0.39 is 17.6 Å². The zero-order valence-electron chi connectivity index (χ0n) is 10.1. The van der Waals surface area contributed by atoms with Gasteiger partial charge in [-0.15, -0.1) is 0 Å². The van der Waals surface area contributed by atoms with Crippen LogP contribution in [-0.4, -0.2) is 14.6 Å². The highest BCUT2D eigenvalue weighted by atomic mass is 19.4. The van der Waals surface area contributed by atoms with Gasteiger partial charge in [0.15, 0.2) is 5.65 Å². The van der Waals surface area contributed by atoms with Crippen molar-refractivity contribution in [2.24, 2.45) is 0 Å². The molecule has 7 heteroatoms. The summed E-state index contributed by atoms with van der Waals surface area (Å²) in [5.74, 6) is -1.23. The Morgan fingerprint density at radius 3 is 2.50 bits per heavy atom. The quantitative estimate of drug-likeness (QED) is 0.855. The van der Waals surface area contributed by atoms with Gasteiger partial charge in [-0.2, -0.15) is 17.7 Å². The number of H-pyrrole nitrogens is 1. The predicted molar refractivity (Wildman–Crippen MR) is 59.6 cm³/mol. The first kappa shape index (κ1) is 12.7. The number of rotatable bonds is 1. The standard InChI is InChI=1S/C11H12F3N3O/c1-5(2)8-6(3)4-7-15-10(11(12,13)14)16-17(7)9(8)18/h4-5H,1-3H3,(H,15,16).